The van der Waals surface area contributed by atoms with Crippen LogP contribution in [0, 0.1) is 11.8 Å². The zero-order valence-corrected chi connectivity index (χ0v) is 11.1. The zero-order valence-electron chi connectivity index (χ0n) is 11.1. The van der Waals surface area contributed by atoms with Gasteiger partial charge in [-0.25, -0.2) is 0 Å². The molecule has 3 unspecified atom stereocenters. The maximum absolute atomic E-state index is 5.68. The fraction of sp³-hybridized carbons (Fsp3) is 1.00. The van der Waals surface area contributed by atoms with Gasteiger partial charge in [0.15, 0.2) is 0 Å². The third-order valence-electron chi connectivity index (χ3n) is 3.39. The molecule has 2 N–H and O–H groups in total. The number of rotatable bonds is 8. The van der Waals surface area contributed by atoms with E-state index in [2.05, 4.69) is 31.4 Å². The molecule has 0 spiro atoms. The van der Waals surface area contributed by atoms with E-state index in [0.29, 0.717) is 12.0 Å². The molecule has 1 saturated heterocycles. The van der Waals surface area contributed by atoms with E-state index in [0.717, 1.165) is 45.1 Å². The van der Waals surface area contributed by atoms with Gasteiger partial charge in [0.2, 0.25) is 0 Å². The van der Waals surface area contributed by atoms with Crippen LogP contribution in [0.15, 0.2) is 0 Å². The SMILES string of the molecule is CCNCC(C)CNCC1CCOC1CC. The Bertz CT molecular complexity index is 175. The molecule has 0 saturated carbocycles. The summed E-state index contributed by atoms with van der Waals surface area (Å²) in [7, 11) is 0. The maximum Gasteiger partial charge on any atom is 0.0613 e. The van der Waals surface area contributed by atoms with Crippen molar-refractivity contribution in [1.82, 2.24) is 10.6 Å². The van der Waals surface area contributed by atoms with Gasteiger partial charge in [-0.2, -0.15) is 0 Å². The monoisotopic (exact) mass is 228 g/mol. The van der Waals surface area contributed by atoms with Gasteiger partial charge in [-0.3, -0.25) is 0 Å². The summed E-state index contributed by atoms with van der Waals surface area (Å²) in [5.74, 6) is 1.44. The number of hydrogen-bond donors (Lipinski definition) is 2. The quantitative estimate of drug-likeness (QED) is 0.662. The van der Waals surface area contributed by atoms with Gasteiger partial charge in [0.25, 0.3) is 0 Å². The normalized spacial score (nSPS) is 27.2. The summed E-state index contributed by atoms with van der Waals surface area (Å²) in [6, 6.07) is 0. The number of nitrogens with one attached hydrogen (secondary N) is 2. The minimum absolute atomic E-state index is 0.497. The van der Waals surface area contributed by atoms with Gasteiger partial charge >= 0.3 is 0 Å². The van der Waals surface area contributed by atoms with Crippen molar-refractivity contribution < 1.29 is 4.74 Å². The van der Waals surface area contributed by atoms with Crippen molar-refractivity contribution in [2.75, 3.05) is 32.8 Å². The highest BCUT2D eigenvalue weighted by molar-refractivity contribution is 4.77. The van der Waals surface area contributed by atoms with E-state index >= 15 is 0 Å². The molecule has 16 heavy (non-hydrogen) atoms. The van der Waals surface area contributed by atoms with Crippen molar-refractivity contribution in [2.45, 2.75) is 39.7 Å². The van der Waals surface area contributed by atoms with Crippen LogP contribution in [0.25, 0.3) is 0 Å². The molecule has 3 nitrogen and oxygen atoms in total. The average Bonchev–Trinajstić information content (AvgIpc) is 2.74. The van der Waals surface area contributed by atoms with E-state index in [1.54, 1.807) is 0 Å². The predicted molar refractivity (Wildman–Crippen MR) is 68.7 cm³/mol. The van der Waals surface area contributed by atoms with Crippen LogP contribution in [0.1, 0.15) is 33.6 Å². The number of hydrogen-bond acceptors (Lipinski definition) is 3. The molecule has 96 valence electrons. The standard InChI is InChI=1S/C13H28N2O/c1-4-13-12(6-7-16-13)10-15-9-11(3)8-14-5-2/h11-15H,4-10H2,1-3H3. The summed E-state index contributed by atoms with van der Waals surface area (Å²) in [5.41, 5.74) is 0. The van der Waals surface area contributed by atoms with Crippen molar-refractivity contribution in [3.63, 3.8) is 0 Å². The Labute approximate surface area is 100 Å². The first-order valence-electron chi connectivity index (χ1n) is 6.80. The molecule has 0 aromatic heterocycles. The van der Waals surface area contributed by atoms with E-state index in [1.807, 2.05) is 0 Å². The van der Waals surface area contributed by atoms with Crippen molar-refractivity contribution in [2.24, 2.45) is 11.8 Å². The van der Waals surface area contributed by atoms with Crippen LogP contribution in [0.2, 0.25) is 0 Å². The van der Waals surface area contributed by atoms with Gasteiger partial charge < -0.3 is 15.4 Å². The van der Waals surface area contributed by atoms with E-state index in [-0.39, 0.29) is 0 Å². The number of ether oxygens (including phenoxy) is 1. The maximum atomic E-state index is 5.68. The van der Waals surface area contributed by atoms with Crippen LogP contribution in [-0.2, 0) is 4.74 Å². The van der Waals surface area contributed by atoms with Crippen LogP contribution >= 0.6 is 0 Å². The third kappa shape index (κ3) is 4.81. The Morgan fingerprint density at radius 3 is 2.69 bits per heavy atom. The molecule has 3 atom stereocenters. The van der Waals surface area contributed by atoms with E-state index in [9.17, 15) is 0 Å². The third-order valence-corrected chi connectivity index (χ3v) is 3.39. The molecular formula is C13H28N2O. The summed E-state index contributed by atoms with van der Waals surface area (Å²) in [4.78, 5) is 0. The second-order valence-electron chi connectivity index (χ2n) is 4.94. The Balaban J connectivity index is 2.05. The summed E-state index contributed by atoms with van der Waals surface area (Å²) >= 11 is 0. The summed E-state index contributed by atoms with van der Waals surface area (Å²) in [6.07, 6.45) is 2.88. The minimum atomic E-state index is 0.497. The first-order chi connectivity index (χ1) is 7.77. The molecule has 1 aliphatic heterocycles. The molecule has 0 radical (unpaired) electrons. The van der Waals surface area contributed by atoms with Crippen LogP contribution < -0.4 is 10.6 Å². The fourth-order valence-electron chi connectivity index (χ4n) is 2.36. The summed E-state index contributed by atoms with van der Waals surface area (Å²) < 4.78 is 5.68. The van der Waals surface area contributed by atoms with E-state index in [1.165, 1.54) is 6.42 Å². The van der Waals surface area contributed by atoms with E-state index in [4.69, 9.17) is 4.74 Å². The van der Waals surface area contributed by atoms with Crippen LogP contribution in [0.4, 0.5) is 0 Å². The van der Waals surface area contributed by atoms with Crippen LogP contribution in [-0.4, -0.2) is 38.9 Å². The molecular weight excluding hydrogens is 200 g/mol. The van der Waals surface area contributed by atoms with Gasteiger partial charge in [0, 0.05) is 13.2 Å². The first kappa shape index (κ1) is 13.9. The molecule has 1 rings (SSSR count). The summed E-state index contributed by atoms with van der Waals surface area (Å²) in [6.45, 7) is 12.0. The molecule has 1 fully saturated rings. The van der Waals surface area contributed by atoms with Crippen LogP contribution in [0.5, 0.6) is 0 Å². The smallest absolute Gasteiger partial charge is 0.0613 e. The predicted octanol–water partition coefficient (Wildman–Crippen LogP) is 1.64. The zero-order chi connectivity index (χ0) is 11.8. The second kappa shape index (κ2) is 8.04. The van der Waals surface area contributed by atoms with Crippen molar-refractivity contribution in [3.05, 3.63) is 0 Å². The Hall–Kier alpha value is -0.120. The van der Waals surface area contributed by atoms with Gasteiger partial charge in [-0.1, -0.05) is 20.8 Å². The van der Waals surface area contributed by atoms with Crippen molar-refractivity contribution >= 4 is 0 Å². The molecule has 0 amide bonds. The summed E-state index contributed by atoms with van der Waals surface area (Å²) in [5, 5.41) is 6.96. The van der Waals surface area contributed by atoms with Crippen molar-refractivity contribution in [3.8, 4) is 0 Å². The molecule has 0 aromatic rings. The largest absolute Gasteiger partial charge is 0.378 e. The van der Waals surface area contributed by atoms with Crippen LogP contribution in [0.3, 0.4) is 0 Å². The molecule has 0 aliphatic carbocycles. The Morgan fingerprint density at radius 2 is 2.00 bits per heavy atom. The molecule has 1 aliphatic rings. The lowest BCUT2D eigenvalue weighted by molar-refractivity contribution is 0.0871. The Morgan fingerprint density at radius 1 is 1.25 bits per heavy atom. The molecule has 1 heterocycles. The molecule has 0 bridgehead atoms. The van der Waals surface area contributed by atoms with Gasteiger partial charge in [-0.15, -0.1) is 0 Å². The minimum Gasteiger partial charge on any atom is -0.378 e. The van der Waals surface area contributed by atoms with Gasteiger partial charge in [0.05, 0.1) is 6.10 Å². The highest BCUT2D eigenvalue weighted by Gasteiger charge is 2.25. The lowest BCUT2D eigenvalue weighted by Gasteiger charge is -2.19. The van der Waals surface area contributed by atoms with Crippen molar-refractivity contribution in [1.29, 1.82) is 0 Å². The topological polar surface area (TPSA) is 33.3 Å². The Kier molecular flexibility index (Phi) is 7.01. The fourth-order valence-corrected chi connectivity index (χ4v) is 2.36. The molecule has 3 heteroatoms. The van der Waals surface area contributed by atoms with Gasteiger partial charge in [-0.05, 0) is 44.3 Å². The lowest BCUT2D eigenvalue weighted by Crippen LogP contribution is -2.34. The van der Waals surface area contributed by atoms with E-state index < -0.39 is 0 Å². The molecule has 0 aromatic carbocycles. The first-order valence-corrected chi connectivity index (χ1v) is 6.80. The van der Waals surface area contributed by atoms with Gasteiger partial charge in [0.1, 0.15) is 0 Å². The highest BCUT2D eigenvalue weighted by Crippen LogP contribution is 2.22. The second-order valence-corrected chi connectivity index (χ2v) is 4.94. The lowest BCUT2D eigenvalue weighted by atomic mass is 9.99. The highest BCUT2D eigenvalue weighted by atomic mass is 16.5. The average molecular weight is 228 g/mol.